The Bertz CT molecular complexity index is 963. The van der Waals surface area contributed by atoms with Gasteiger partial charge in [-0.05, 0) is 45.8 Å². The first-order chi connectivity index (χ1) is 11.8. The largest absolute Gasteiger partial charge is 0.504 e. The summed E-state index contributed by atoms with van der Waals surface area (Å²) in [6, 6.07) is 2.83. The van der Waals surface area contributed by atoms with Crippen molar-refractivity contribution in [2.45, 2.75) is 0 Å². The third kappa shape index (κ3) is 3.03. The molecule has 2 aliphatic rings. The highest BCUT2D eigenvalue weighted by molar-refractivity contribution is 9.10. The Kier molecular flexibility index (Phi) is 4.36. The summed E-state index contributed by atoms with van der Waals surface area (Å²) < 4.78 is 12.8. The number of fused-ring (bicyclic) bond motifs is 1. The Morgan fingerprint density at radius 2 is 1.84 bits per heavy atom. The molecular weight excluding hydrogens is 414 g/mol. The molecule has 0 bridgehead atoms. The Balaban J connectivity index is 1.98. The number of ketones is 1. The van der Waals surface area contributed by atoms with Gasteiger partial charge in [0.2, 0.25) is 0 Å². The predicted octanol–water partition coefficient (Wildman–Crippen LogP) is 2.71. The summed E-state index contributed by atoms with van der Waals surface area (Å²) >= 11 is 3.09. The number of hydrogen-bond donors (Lipinski definition) is 4. The van der Waals surface area contributed by atoms with Crippen LogP contribution in [0, 0.1) is 0 Å². The normalized spacial score (nSPS) is 20.3. The van der Waals surface area contributed by atoms with Crippen LogP contribution in [0.4, 0.5) is 0 Å². The number of Topliss-reactive ketones (excluding diaryl/α,β-unsaturated/α-hetero) is 1. The van der Waals surface area contributed by atoms with Gasteiger partial charge in [0.15, 0.2) is 23.0 Å². The van der Waals surface area contributed by atoms with E-state index in [0.717, 1.165) is 6.08 Å². The van der Waals surface area contributed by atoms with Crippen molar-refractivity contribution < 1.29 is 29.4 Å². The number of aliphatic hydroxyl groups excluding tert-OH is 2. The molecule has 1 aromatic rings. The van der Waals surface area contributed by atoms with E-state index in [-0.39, 0.29) is 31.5 Å². The molecule has 1 unspecified atom stereocenters. The molecule has 0 saturated carbocycles. The Morgan fingerprint density at radius 3 is 2.52 bits per heavy atom. The molecule has 1 aromatic carbocycles. The Labute approximate surface area is 152 Å². The molecule has 0 spiro atoms. The number of phenols is 2. The van der Waals surface area contributed by atoms with Gasteiger partial charge < -0.3 is 20.4 Å². The number of halogens is 1. The second kappa shape index (κ2) is 6.34. The fourth-order valence-corrected chi connectivity index (χ4v) is 3.80. The van der Waals surface area contributed by atoms with Crippen molar-refractivity contribution in [2.75, 3.05) is 0 Å². The van der Waals surface area contributed by atoms with Crippen molar-refractivity contribution in [2.24, 2.45) is 4.99 Å². The number of aliphatic imine (C=N–C) groups is 1. The van der Waals surface area contributed by atoms with Crippen LogP contribution in [0.2, 0.25) is 0 Å². The zero-order chi connectivity index (χ0) is 18.3. The van der Waals surface area contributed by atoms with Crippen LogP contribution in [0.1, 0.15) is 5.56 Å². The minimum absolute atomic E-state index is 0.0663. The zero-order valence-corrected chi connectivity index (χ0v) is 14.7. The molecule has 25 heavy (non-hydrogen) atoms. The number of carbonyl (C=O) groups excluding carboxylic acids is 1. The van der Waals surface area contributed by atoms with E-state index >= 15 is 0 Å². The summed E-state index contributed by atoms with van der Waals surface area (Å²) in [6.07, 6.45) is 5.26. The van der Waals surface area contributed by atoms with E-state index in [4.69, 9.17) is 0 Å². The first kappa shape index (κ1) is 17.2. The van der Waals surface area contributed by atoms with Crippen molar-refractivity contribution in [3.63, 3.8) is 0 Å². The van der Waals surface area contributed by atoms with Crippen molar-refractivity contribution >= 4 is 43.6 Å². The third-order valence-electron chi connectivity index (χ3n) is 3.41. The number of phenolic OH excluding ortho intramolecular Hbond substituents is 2. The molecule has 3 rings (SSSR count). The average molecular weight is 424 g/mol. The van der Waals surface area contributed by atoms with E-state index in [1.165, 1.54) is 30.5 Å². The highest BCUT2D eigenvalue weighted by Gasteiger charge is 2.32. The van der Waals surface area contributed by atoms with Gasteiger partial charge in [-0.25, -0.2) is 9.20 Å². The summed E-state index contributed by atoms with van der Waals surface area (Å²) in [7, 11) is -1.92. The highest BCUT2D eigenvalue weighted by Crippen LogP contribution is 2.35. The van der Waals surface area contributed by atoms with Gasteiger partial charge >= 0.3 is 0 Å². The molecule has 0 radical (unpaired) electrons. The lowest BCUT2D eigenvalue weighted by atomic mass is 10.1. The number of allylic oxidation sites excluding steroid dienone is 2. The van der Waals surface area contributed by atoms with Crippen LogP contribution in [-0.2, 0) is 15.6 Å². The van der Waals surface area contributed by atoms with Gasteiger partial charge in [-0.2, -0.15) is 0 Å². The smallest absolute Gasteiger partial charge is 0.262 e. The van der Waals surface area contributed by atoms with E-state index in [9.17, 15) is 29.4 Å². The molecule has 9 heteroatoms. The number of hydrogen-bond acceptors (Lipinski definition) is 7. The lowest BCUT2D eigenvalue weighted by Gasteiger charge is -2.18. The fourth-order valence-electron chi connectivity index (χ4n) is 2.19. The van der Waals surface area contributed by atoms with Crippen molar-refractivity contribution in [3.05, 3.63) is 62.5 Å². The van der Waals surface area contributed by atoms with Crippen molar-refractivity contribution in [3.8, 4) is 11.5 Å². The van der Waals surface area contributed by atoms with Gasteiger partial charge in [-0.15, -0.1) is 0 Å². The SMILES string of the molecule is O=C1C(O)=CC2=CN=C(/C=C/c3cc(O)c(O)c(Br)c3)S(=O)C2=C1O. The van der Waals surface area contributed by atoms with Crippen LogP contribution in [0.25, 0.3) is 6.08 Å². The molecule has 1 aliphatic heterocycles. The summed E-state index contributed by atoms with van der Waals surface area (Å²) in [6.45, 7) is 0. The summed E-state index contributed by atoms with van der Waals surface area (Å²) in [5.41, 5.74) is 0.683. The number of aliphatic hydroxyl groups is 2. The fraction of sp³-hybridized carbons (Fsp3) is 0. The topological polar surface area (TPSA) is 127 Å². The molecule has 0 fully saturated rings. The van der Waals surface area contributed by atoms with Gasteiger partial charge in [0.1, 0.15) is 20.7 Å². The van der Waals surface area contributed by atoms with E-state index in [2.05, 4.69) is 20.9 Å². The molecular formula is C16H10BrNO6S. The lowest BCUT2D eigenvalue weighted by molar-refractivity contribution is -0.117. The molecule has 128 valence electrons. The van der Waals surface area contributed by atoms with Crippen molar-refractivity contribution in [1.29, 1.82) is 0 Å². The van der Waals surface area contributed by atoms with Crippen LogP contribution in [0.3, 0.4) is 0 Å². The summed E-state index contributed by atoms with van der Waals surface area (Å²) in [4.78, 5) is 15.5. The third-order valence-corrected chi connectivity index (χ3v) is 5.43. The Hall–Kier alpha value is -2.65. The average Bonchev–Trinajstić information content (AvgIpc) is 2.56. The van der Waals surface area contributed by atoms with E-state index < -0.39 is 28.1 Å². The Morgan fingerprint density at radius 1 is 1.12 bits per heavy atom. The summed E-state index contributed by atoms with van der Waals surface area (Å²) in [5.74, 6) is -3.07. The highest BCUT2D eigenvalue weighted by atomic mass is 79.9. The molecule has 1 atom stereocenters. The molecule has 0 aromatic heterocycles. The van der Waals surface area contributed by atoms with Gasteiger partial charge in [-0.3, -0.25) is 4.79 Å². The van der Waals surface area contributed by atoms with Crippen LogP contribution in [-0.4, -0.2) is 35.5 Å². The summed E-state index contributed by atoms with van der Waals surface area (Å²) in [5, 5.41) is 38.5. The molecule has 7 nitrogen and oxygen atoms in total. The minimum Gasteiger partial charge on any atom is -0.504 e. The van der Waals surface area contributed by atoms with Crippen LogP contribution in [0.5, 0.6) is 11.5 Å². The molecule has 1 heterocycles. The molecule has 4 N–H and O–H groups in total. The van der Waals surface area contributed by atoms with Crippen molar-refractivity contribution in [1.82, 2.24) is 0 Å². The maximum atomic E-state index is 12.5. The monoisotopic (exact) mass is 423 g/mol. The molecule has 0 amide bonds. The molecule has 1 aliphatic carbocycles. The van der Waals surface area contributed by atoms with Gasteiger partial charge in [-0.1, -0.05) is 6.08 Å². The second-order valence-electron chi connectivity index (χ2n) is 5.06. The number of aromatic hydroxyl groups is 2. The maximum Gasteiger partial charge on any atom is 0.262 e. The van der Waals surface area contributed by atoms with Crippen LogP contribution >= 0.6 is 15.9 Å². The second-order valence-corrected chi connectivity index (χ2v) is 7.28. The van der Waals surface area contributed by atoms with Gasteiger partial charge in [0.05, 0.1) is 4.47 Å². The van der Waals surface area contributed by atoms with E-state index in [0.29, 0.717) is 5.56 Å². The minimum atomic E-state index is -1.92. The lowest BCUT2D eigenvalue weighted by Crippen LogP contribution is -2.21. The number of benzene rings is 1. The van der Waals surface area contributed by atoms with Crippen LogP contribution in [0.15, 0.2) is 61.9 Å². The number of rotatable bonds is 2. The van der Waals surface area contributed by atoms with E-state index in [1.807, 2.05) is 0 Å². The van der Waals surface area contributed by atoms with E-state index in [1.54, 1.807) is 0 Å². The van der Waals surface area contributed by atoms with Crippen LogP contribution < -0.4 is 0 Å². The molecule has 0 saturated heterocycles. The standard InChI is InChI=1S/C16H10BrNO6S/c17-9-3-7(4-10(19)13(9)21)1-2-12-18-6-8-5-11(20)14(22)15(23)16(8)25(12)24/h1-6,19-21,23H/b2-1+. The number of carbonyl (C=O) groups is 1. The van der Waals surface area contributed by atoms with Gasteiger partial charge in [0, 0.05) is 11.8 Å². The number of nitrogens with zero attached hydrogens (tertiary/aromatic N) is 1. The predicted molar refractivity (Wildman–Crippen MR) is 95.5 cm³/mol. The zero-order valence-electron chi connectivity index (χ0n) is 12.3. The maximum absolute atomic E-state index is 12.5. The first-order valence-electron chi connectivity index (χ1n) is 6.78. The van der Waals surface area contributed by atoms with Gasteiger partial charge in [0.25, 0.3) is 5.78 Å². The first-order valence-corrected chi connectivity index (χ1v) is 8.72. The quantitative estimate of drug-likeness (QED) is 0.541.